The molecular formula is C72H97N22O36P7S7. The highest BCUT2D eigenvalue weighted by Gasteiger charge is 2.52. The number of rotatable bonds is 41. The first-order valence-electron chi connectivity index (χ1n) is 43.4. The van der Waals surface area contributed by atoms with Crippen LogP contribution in [0.15, 0.2) is 94.6 Å². The number of nitrogens with zero attached hydrogens (tertiary/aromatic N) is 15. The van der Waals surface area contributed by atoms with E-state index in [0.29, 0.717) is 28.7 Å². The Balaban J connectivity index is 0.600. The van der Waals surface area contributed by atoms with Gasteiger partial charge in [-0.25, -0.2) is 58.4 Å². The molecule has 7 saturated heterocycles. The van der Waals surface area contributed by atoms with Crippen LogP contribution < -0.4 is 68.1 Å². The molecule has 0 saturated carbocycles. The van der Waals surface area contributed by atoms with Crippen LogP contribution in [0.5, 0.6) is 0 Å². The van der Waals surface area contributed by atoms with Gasteiger partial charge < -0.3 is 140 Å². The smallest absolute Gasteiger partial charge is 0.383 e. The second-order valence-corrected chi connectivity index (χ2v) is 53.5. The summed E-state index contributed by atoms with van der Waals surface area (Å²) in [5, 5.41) is 0. The lowest BCUT2D eigenvalue weighted by atomic mass is 10.1. The minimum absolute atomic E-state index is 0.0245. The number of nitrogens with one attached hydrogen (secondary N) is 3. The van der Waals surface area contributed by atoms with Gasteiger partial charge in [0.1, 0.15) is 122 Å². The summed E-state index contributed by atoms with van der Waals surface area (Å²) in [6.45, 7) is -27.3. The Hall–Kier alpha value is -6.50. The lowest BCUT2D eigenvalue weighted by molar-refractivity contribution is -0.0577. The van der Waals surface area contributed by atoms with Gasteiger partial charge in [-0.15, -0.1) is 0 Å². The Bertz CT molecular complexity index is 7250. The van der Waals surface area contributed by atoms with E-state index in [9.17, 15) is 72.3 Å². The standard InChI is InChI=1S/C72H97N22O36P7S7/c1-8-36-37(9-55(117-36)93-29-81-57-61(75)77-27-79-63(57)93)125-132(104,139)111-22-47-41(12-52(120-47)90-18-33(4)65(95)85-70(90)100)128-135(107,142)113-24-46-40(11-51(119-46)89-17-32(3)60(74)84-69(89)99)127-134(106,141)115-25-48-43(14-54(121-48)92-20-35(6)67(97)87-72(92)102)130-137(109,144)116-26-49-42(13-53(122-49)91-19-34(5)66(96)86-71(91)101)129-136(108,143)114-23-45-39(10-50(118-45)88-16-31(2)59(73)83-68(88)98)126-133(105,140)112-21-44-38(124-131(103,138)110-7)15-56(123-44)94-30-82-58-62(76)78-28-80-64(58)94/h16-20,27-30,36-56H,8-15,21-26H2,1-7H3,(H,103,138)(H,104,139)(H,105,140)(H,106,141)(H,107,142)(H,108,143)(H,109,144)(H2,73,83,98)(H2,74,84,99)(H2,75,77,79)(H2,76,78,80)(H,85,95,100)(H,86,96,101)(H,87,97,102)/t36-,37-,38-,39-,40-,41-,42-,43-,44-,45-,46-,47-,48-,49-,50-,51-,52-,53-,54-,55-,56-,131?,132?,133?,134?,135?,136?,137?/m1/s1. The van der Waals surface area contributed by atoms with Gasteiger partial charge >= 0.3 is 75.6 Å². The van der Waals surface area contributed by atoms with Gasteiger partial charge in [-0.05, 0) is 112 Å². The third-order valence-electron chi connectivity index (χ3n) is 23.9. The molecular weight excluding hydrogens is 2190 g/mol. The van der Waals surface area contributed by atoms with Crippen molar-refractivity contribution in [2.45, 2.75) is 222 Å². The Morgan fingerprint density at radius 2 is 0.611 bits per heavy atom. The number of fused-ring (bicyclic) bond motifs is 2. The summed E-state index contributed by atoms with van der Waals surface area (Å²) in [5.74, 6) is -0.0302. The van der Waals surface area contributed by atoms with Crippen molar-refractivity contribution in [3.05, 3.63) is 168 Å². The van der Waals surface area contributed by atoms with Crippen LogP contribution in [0.4, 0.5) is 23.3 Å². The minimum Gasteiger partial charge on any atom is -0.383 e. The first-order chi connectivity index (χ1) is 67.8. The molecule has 0 spiro atoms. The molecule has 28 atom stereocenters. The number of aromatic amines is 3. The molecule has 9 aromatic heterocycles. The highest BCUT2D eigenvalue weighted by molar-refractivity contribution is 8.44. The van der Waals surface area contributed by atoms with Crippen LogP contribution in [-0.4, -0.2) is 248 Å². The van der Waals surface area contributed by atoms with Gasteiger partial charge in [0.15, 0.2) is 22.9 Å². The fourth-order valence-electron chi connectivity index (χ4n) is 16.7. The average Bonchev–Trinajstić information content (AvgIpc) is 1.62. The molecule has 0 radical (unpaired) electrons. The predicted octanol–water partition coefficient (Wildman–Crippen LogP) is 1.91. The number of hydrogen-bond acceptors (Lipinski definition) is 48. The van der Waals surface area contributed by atoms with Crippen molar-refractivity contribution >= 4 is 176 Å². The average molecular weight is 2290 g/mol. The SMILES string of the molecule is CC[C@H]1O[C@@H](n2cnc3c(N)ncnc32)C[C@H]1OP(O)(=S)OC[C@H]1O[C@@H](n2cc(C)c(=O)[nH]c2=O)C[C@H]1OP(=O)(S)OC[C@H]1O[C@@H](n2cc(C)c(N)nc2=O)C[C@H]1OP(O)(=S)OC[C@H]1O[C@@H](n2cc(C)c(=O)[nH]c2=O)C[C@H]1OP(O)(=S)OC[C@H]1O[C@@H](n2cc(C)c(=O)[nH]c2=O)C[C@H]1OP(O)(=S)OC[C@H]1O[C@@H](n2cc(C)c(N)nc2=O)C[C@H]1OP(O)(=S)OC[C@H]1O[C@@H](n2cnc3c(N)ncnc32)C[C@H]1OP(O)(=S)OC. The van der Waals surface area contributed by atoms with E-state index in [2.05, 4.69) is 67.1 Å². The Morgan fingerprint density at radius 1 is 0.361 bits per heavy atom. The summed E-state index contributed by atoms with van der Waals surface area (Å²) < 4.78 is 151. The molecule has 9 aromatic rings. The number of H-pyrrole nitrogens is 3. The Labute approximate surface area is 846 Å². The molecule has 0 bridgehead atoms. The molecule has 0 aromatic carbocycles. The number of aryl methyl sites for hydroxylation is 5. The second-order valence-electron chi connectivity index (χ2n) is 33.8. The number of ether oxygens (including phenoxy) is 7. The Morgan fingerprint density at radius 3 is 0.903 bits per heavy atom. The number of anilines is 4. The van der Waals surface area contributed by atoms with Gasteiger partial charge in [-0.3, -0.25) is 70.4 Å². The van der Waals surface area contributed by atoms with Crippen LogP contribution in [0.2, 0.25) is 0 Å². The van der Waals surface area contributed by atoms with E-state index in [-0.39, 0.29) is 83.2 Å². The monoisotopic (exact) mass is 2290 g/mol. The van der Waals surface area contributed by atoms with Crippen LogP contribution in [0, 0.1) is 34.6 Å². The molecule has 7 aliphatic heterocycles. The topological polar surface area (TPSA) is 758 Å². The third-order valence-corrected chi connectivity index (χ3v) is 35.2. The number of nitrogen functional groups attached to an aromatic ring is 4. The zero-order chi connectivity index (χ0) is 104. The minimum atomic E-state index is -4.80. The molecule has 788 valence electrons. The summed E-state index contributed by atoms with van der Waals surface area (Å²) in [6, 6.07) is 0. The lowest BCUT2D eigenvalue weighted by Crippen LogP contribution is -2.33. The second kappa shape index (κ2) is 44.4. The maximum atomic E-state index is 14.8. The fraction of sp³-hybridized carbons (Fsp3) is 0.583. The van der Waals surface area contributed by atoms with Crippen molar-refractivity contribution in [1.29, 1.82) is 0 Å². The number of imidazole rings is 2. The summed E-state index contributed by atoms with van der Waals surface area (Å²) in [6.07, 6.45) is -16.8. The molecule has 16 heterocycles. The van der Waals surface area contributed by atoms with Crippen LogP contribution in [0.1, 0.15) is 130 Å². The summed E-state index contributed by atoms with van der Waals surface area (Å²) in [4.78, 5) is 216. The van der Waals surface area contributed by atoms with Crippen molar-refractivity contribution in [3.63, 3.8) is 0 Å². The van der Waals surface area contributed by atoms with Crippen LogP contribution >= 0.6 is 59.4 Å². The number of hydrogen-bond donors (Lipinski definition) is 14. The molecule has 16 rings (SSSR count). The number of aromatic nitrogens is 18. The highest BCUT2D eigenvalue weighted by atomic mass is 32.7. The molecule has 7 fully saturated rings. The molecule has 0 aliphatic carbocycles. The van der Waals surface area contributed by atoms with Crippen molar-refractivity contribution in [2.75, 3.05) is 69.7 Å². The summed E-state index contributed by atoms with van der Waals surface area (Å²) in [7, 11) is 1.14. The summed E-state index contributed by atoms with van der Waals surface area (Å²) >= 11 is 37.6. The first kappa shape index (κ1) is 110. The van der Waals surface area contributed by atoms with Crippen molar-refractivity contribution in [1.82, 2.24) is 86.8 Å². The number of nitrogens with two attached hydrogens (primary N) is 4. The molecule has 144 heavy (non-hydrogen) atoms. The van der Waals surface area contributed by atoms with Gasteiger partial charge in [0.05, 0.1) is 95.0 Å². The van der Waals surface area contributed by atoms with E-state index in [0.717, 1.165) is 36.1 Å². The van der Waals surface area contributed by atoms with Crippen LogP contribution in [0.3, 0.4) is 0 Å². The zero-order valence-corrected chi connectivity index (χ0v) is 88.2. The van der Waals surface area contributed by atoms with E-state index in [1.165, 1.54) is 75.4 Å². The van der Waals surface area contributed by atoms with Crippen molar-refractivity contribution in [3.8, 4) is 0 Å². The molecule has 7 unspecified atom stereocenters. The number of thiol groups is 1. The van der Waals surface area contributed by atoms with E-state index >= 15 is 0 Å². The quantitative estimate of drug-likeness (QED) is 0.0192. The van der Waals surface area contributed by atoms with Gasteiger partial charge in [0, 0.05) is 111 Å². The van der Waals surface area contributed by atoms with E-state index < -0.39 is 274 Å². The normalized spacial score (nSPS) is 29.7. The third kappa shape index (κ3) is 25.9. The molecule has 0 amide bonds. The maximum absolute atomic E-state index is 14.8. The maximum Gasteiger partial charge on any atom is 0.386 e. The van der Waals surface area contributed by atoms with Crippen molar-refractivity contribution < 1.29 is 130 Å². The predicted molar refractivity (Wildman–Crippen MR) is 525 cm³/mol. The molecule has 7 aliphatic rings. The first-order valence-corrected chi connectivity index (χ1v) is 61.6. The fourth-order valence-corrected chi connectivity index (χ4v) is 26.6. The molecule has 17 N–H and O–H groups in total. The van der Waals surface area contributed by atoms with E-state index in [4.69, 9.17) is 190 Å². The molecule has 72 heteroatoms. The van der Waals surface area contributed by atoms with Crippen LogP contribution in [0.25, 0.3) is 22.3 Å². The highest BCUT2D eigenvalue weighted by Crippen LogP contribution is 2.61. The van der Waals surface area contributed by atoms with Gasteiger partial charge in [0.25, 0.3) is 16.7 Å². The van der Waals surface area contributed by atoms with Crippen LogP contribution in [-0.2, 0) is 172 Å². The largest absolute Gasteiger partial charge is 0.386 e. The zero-order valence-electron chi connectivity index (χ0n) is 76.2. The van der Waals surface area contributed by atoms with Crippen molar-refractivity contribution in [2.24, 2.45) is 0 Å². The lowest BCUT2D eigenvalue weighted by Gasteiger charge is -2.28. The summed E-state index contributed by atoms with van der Waals surface area (Å²) in [5.41, 5.74) is 19.2. The van der Waals surface area contributed by atoms with Gasteiger partial charge in [0.2, 0.25) is 0 Å². The van der Waals surface area contributed by atoms with E-state index in [1.54, 1.807) is 18.4 Å². The Kier molecular flexibility index (Phi) is 34.0. The van der Waals surface area contributed by atoms with Gasteiger partial charge in [-0.1, -0.05) is 19.2 Å². The van der Waals surface area contributed by atoms with E-state index in [1.807, 2.05) is 6.92 Å². The van der Waals surface area contributed by atoms with Gasteiger partial charge in [-0.2, -0.15) is 9.97 Å². The molecule has 58 nitrogen and oxygen atoms in total.